The van der Waals surface area contributed by atoms with Crippen LogP contribution in [0.1, 0.15) is 55.0 Å². The third kappa shape index (κ3) is 4.11. The summed E-state index contributed by atoms with van der Waals surface area (Å²) in [5, 5.41) is 17.7. The summed E-state index contributed by atoms with van der Waals surface area (Å²) >= 11 is 0. The first-order valence-corrected chi connectivity index (χ1v) is 11.8. The molecule has 7 nitrogen and oxygen atoms in total. The molecule has 35 heavy (non-hydrogen) atoms. The molecule has 1 unspecified atom stereocenters. The molecule has 0 fully saturated rings. The van der Waals surface area contributed by atoms with Crippen molar-refractivity contribution in [3.05, 3.63) is 82.2 Å². The molecule has 2 N–H and O–H groups in total. The predicted molar refractivity (Wildman–Crippen MR) is 133 cm³/mol. The van der Waals surface area contributed by atoms with Crippen LogP contribution in [0.4, 0.5) is 5.82 Å². The molecule has 1 atom stereocenters. The van der Waals surface area contributed by atoms with Crippen molar-refractivity contribution in [2.45, 2.75) is 46.5 Å². The second-order valence-electron chi connectivity index (χ2n) is 10.2. The zero-order valence-electron chi connectivity index (χ0n) is 20.4. The average molecular weight is 472 g/mol. The first-order valence-electron chi connectivity index (χ1n) is 11.8. The second-order valence-corrected chi connectivity index (χ2v) is 10.2. The van der Waals surface area contributed by atoms with Crippen LogP contribution in [0.3, 0.4) is 0 Å². The molecular formula is C28H29N3O4. The van der Waals surface area contributed by atoms with Gasteiger partial charge in [0.25, 0.3) is 0 Å². The molecule has 0 saturated carbocycles. The predicted octanol–water partition coefficient (Wildman–Crippen LogP) is 5.15. The number of aliphatic carboxylic acids is 1. The minimum Gasteiger partial charge on any atom is -0.482 e. The lowest BCUT2D eigenvalue weighted by Gasteiger charge is -2.39. The molecule has 7 heteroatoms. The van der Waals surface area contributed by atoms with Gasteiger partial charge in [-0.25, -0.2) is 9.48 Å². The van der Waals surface area contributed by atoms with E-state index in [2.05, 4.69) is 19.2 Å². The van der Waals surface area contributed by atoms with Crippen LogP contribution in [0.2, 0.25) is 0 Å². The number of carboxylic acids is 1. The van der Waals surface area contributed by atoms with Gasteiger partial charge < -0.3 is 15.2 Å². The summed E-state index contributed by atoms with van der Waals surface area (Å²) < 4.78 is 7.58. The number of rotatable bonds is 5. The van der Waals surface area contributed by atoms with Gasteiger partial charge in [0.1, 0.15) is 11.6 Å². The number of Topliss-reactive ketones (excluding diaryl/α,β-unsaturated/α-hetero) is 1. The second kappa shape index (κ2) is 8.41. The van der Waals surface area contributed by atoms with Gasteiger partial charge in [-0.2, -0.15) is 5.10 Å². The SMILES string of the molecule is Cc1ccc(-n2nc(C)c3c2NC2=C(C(=O)CC(C)(C)C2)C3c2ccccc2OCC(=O)O)cc1. The number of anilines is 1. The molecule has 0 saturated heterocycles. The zero-order valence-corrected chi connectivity index (χ0v) is 20.4. The molecule has 180 valence electrons. The number of fused-ring (bicyclic) bond motifs is 1. The molecule has 5 rings (SSSR count). The minimum absolute atomic E-state index is 0.0925. The van der Waals surface area contributed by atoms with Gasteiger partial charge in [0.15, 0.2) is 12.4 Å². The van der Waals surface area contributed by atoms with Gasteiger partial charge in [-0.3, -0.25) is 4.79 Å². The standard InChI is InChI=1S/C28H29N3O4/c1-16-9-11-18(12-10-16)31-27-24(17(2)30-31)25(19-7-5-6-8-22(19)35-15-23(33)34)26-20(29-27)13-28(3,4)14-21(26)32/h5-12,25,29H,13-15H2,1-4H3,(H,33,34). The van der Waals surface area contributed by atoms with E-state index < -0.39 is 18.5 Å². The molecule has 1 aromatic heterocycles. The van der Waals surface area contributed by atoms with Crippen LogP contribution < -0.4 is 10.1 Å². The van der Waals surface area contributed by atoms with Crippen molar-refractivity contribution >= 4 is 17.6 Å². The monoisotopic (exact) mass is 471 g/mol. The quantitative estimate of drug-likeness (QED) is 0.534. The Morgan fingerprint density at radius 2 is 1.86 bits per heavy atom. The van der Waals surface area contributed by atoms with Crippen LogP contribution in [-0.4, -0.2) is 33.2 Å². The van der Waals surface area contributed by atoms with Gasteiger partial charge in [-0.05, 0) is 43.9 Å². The van der Waals surface area contributed by atoms with E-state index in [1.165, 1.54) is 0 Å². The lowest BCUT2D eigenvalue weighted by atomic mass is 9.69. The highest BCUT2D eigenvalue weighted by Gasteiger charge is 2.43. The summed E-state index contributed by atoms with van der Waals surface area (Å²) in [6, 6.07) is 15.5. The van der Waals surface area contributed by atoms with Crippen molar-refractivity contribution in [1.82, 2.24) is 9.78 Å². The smallest absolute Gasteiger partial charge is 0.341 e. The molecule has 0 radical (unpaired) electrons. The molecule has 1 aliphatic heterocycles. The molecule has 2 aliphatic rings. The van der Waals surface area contributed by atoms with Crippen LogP contribution in [0, 0.1) is 19.3 Å². The number of ketones is 1. The molecule has 3 aromatic rings. The maximum atomic E-state index is 13.6. The van der Waals surface area contributed by atoms with Crippen molar-refractivity contribution in [1.29, 1.82) is 0 Å². The van der Waals surface area contributed by atoms with Gasteiger partial charge in [-0.15, -0.1) is 0 Å². The van der Waals surface area contributed by atoms with Gasteiger partial charge in [0, 0.05) is 34.7 Å². The fourth-order valence-corrected chi connectivity index (χ4v) is 5.25. The van der Waals surface area contributed by atoms with Gasteiger partial charge in [-0.1, -0.05) is 49.7 Å². The highest BCUT2D eigenvalue weighted by Crippen LogP contribution is 2.51. The van der Waals surface area contributed by atoms with Crippen LogP contribution in [0.15, 0.2) is 59.8 Å². The number of para-hydroxylation sites is 1. The number of carbonyl (C=O) groups is 2. The van der Waals surface area contributed by atoms with Crippen LogP contribution >= 0.6 is 0 Å². The molecule has 1 aliphatic carbocycles. The number of nitrogens with one attached hydrogen (secondary N) is 1. The lowest BCUT2D eigenvalue weighted by molar-refractivity contribution is -0.139. The number of hydrogen-bond acceptors (Lipinski definition) is 5. The third-order valence-electron chi connectivity index (χ3n) is 6.73. The number of nitrogens with zero attached hydrogens (tertiary/aromatic N) is 2. The Morgan fingerprint density at radius 1 is 1.14 bits per heavy atom. The fourth-order valence-electron chi connectivity index (χ4n) is 5.25. The highest BCUT2D eigenvalue weighted by atomic mass is 16.5. The number of aryl methyl sites for hydroxylation is 2. The minimum atomic E-state index is -1.05. The van der Waals surface area contributed by atoms with E-state index in [4.69, 9.17) is 9.84 Å². The van der Waals surface area contributed by atoms with Crippen LogP contribution in [-0.2, 0) is 9.59 Å². The fraction of sp³-hybridized carbons (Fsp3) is 0.321. The number of ether oxygens (including phenoxy) is 1. The van der Waals surface area contributed by atoms with Gasteiger partial charge in [0.05, 0.1) is 11.4 Å². The molecule has 2 aromatic carbocycles. The first-order chi connectivity index (χ1) is 16.6. The number of aromatic nitrogens is 2. The highest BCUT2D eigenvalue weighted by molar-refractivity contribution is 6.01. The van der Waals surface area contributed by atoms with Crippen LogP contribution in [0.5, 0.6) is 5.75 Å². The Labute approximate surface area is 204 Å². The van der Waals surface area contributed by atoms with E-state index in [0.29, 0.717) is 12.2 Å². The van der Waals surface area contributed by atoms with Gasteiger partial charge in [0.2, 0.25) is 0 Å². The number of carboxylic acid groups (broad SMARTS) is 1. The summed E-state index contributed by atoms with van der Waals surface area (Å²) in [5.41, 5.74) is 6.00. The summed E-state index contributed by atoms with van der Waals surface area (Å²) in [6.07, 6.45) is 1.17. The van der Waals surface area contributed by atoms with Gasteiger partial charge >= 0.3 is 5.97 Å². The number of allylic oxidation sites excluding steroid dienone is 2. The Balaban J connectivity index is 1.73. The molecule has 0 spiro atoms. The summed E-state index contributed by atoms with van der Waals surface area (Å²) in [5.74, 6) is -0.0816. The lowest BCUT2D eigenvalue weighted by Crippen LogP contribution is -2.34. The van der Waals surface area contributed by atoms with Crippen molar-refractivity contribution < 1.29 is 19.4 Å². The van der Waals surface area contributed by atoms with E-state index >= 15 is 0 Å². The molecule has 0 amide bonds. The molecular weight excluding hydrogens is 442 g/mol. The van der Waals surface area contributed by atoms with Crippen molar-refractivity contribution in [2.75, 3.05) is 11.9 Å². The van der Waals surface area contributed by atoms with Crippen molar-refractivity contribution in [3.8, 4) is 11.4 Å². The average Bonchev–Trinajstić information content (AvgIpc) is 3.12. The summed E-state index contributed by atoms with van der Waals surface area (Å²) in [7, 11) is 0. The Kier molecular flexibility index (Phi) is 5.50. The Bertz CT molecular complexity index is 1370. The molecule has 0 bridgehead atoms. The Morgan fingerprint density at radius 3 is 2.57 bits per heavy atom. The summed E-state index contributed by atoms with van der Waals surface area (Å²) in [4.78, 5) is 24.8. The van der Waals surface area contributed by atoms with E-state index in [-0.39, 0.29) is 11.2 Å². The largest absolute Gasteiger partial charge is 0.482 e. The number of benzene rings is 2. The maximum Gasteiger partial charge on any atom is 0.341 e. The van der Waals surface area contributed by atoms with Crippen LogP contribution in [0.25, 0.3) is 5.69 Å². The Hall–Kier alpha value is -3.87. The van der Waals surface area contributed by atoms with Crippen molar-refractivity contribution in [2.24, 2.45) is 5.41 Å². The molecule has 2 heterocycles. The normalized spacial score (nSPS) is 18.5. The van der Waals surface area contributed by atoms with E-state index in [0.717, 1.165) is 51.6 Å². The number of carbonyl (C=O) groups excluding carboxylic acids is 1. The number of hydrogen-bond donors (Lipinski definition) is 2. The first kappa shape index (κ1) is 22.9. The maximum absolute atomic E-state index is 13.6. The topological polar surface area (TPSA) is 93.5 Å². The van der Waals surface area contributed by atoms with E-state index in [1.54, 1.807) is 6.07 Å². The zero-order chi connectivity index (χ0) is 24.9. The third-order valence-corrected chi connectivity index (χ3v) is 6.73. The van der Waals surface area contributed by atoms with E-state index in [9.17, 15) is 14.7 Å². The van der Waals surface area contributed by atoms with Crippen molar-refractivity contribution in [3.63, 3.8) is 0 Å². The summed E-state index contributed by atoms with van der Waals surface area (Å²) in [6.45, 7) is 7.74. The van der Waals surface area contributed by atoms with E-state index in [1.807, 2.05) is 61.0 Å².